The topological polar surface area (TPSA) is 40.5 Å². The Hall–Kier alpha value is 0.225. The van der Waals surface area contributed by atoms with Crippen molar-refractivity contribution in [3.8, 4) is 0 Å². The predicted molar refractivity (Wildman–Crippen MR) is 54.0 cm³/mol. The van der Waals surface area contributed by atoms with E-state index in [2.05, 4.69) is 0 Å². The molecule has 58 valence electrons. The SMILES string of the molecule is OB(O)c1cccc(I)c1Cl. The zero-order valence-electron chi connectivity index (χ0n) is 5.46. The van der Waals surface area contributed by atoms with Crippen molar-refractivity contribution < 1.29 is 10.0 Å². The molecule has 0 radical (unpaired) electrons. The number of hydrogen-bond donors (Lipinski definition) is 2. The Morgan fingerprint density at radius 1 is 1.36 bits per heavy atom. The van der Waals surface area contributed by atoms with Crippen LogP contribution in [0.4, 0.5) is 0 Å². The molecule has 2 N–H and O–H groups in total. The lowest BCUT2D eigenvalue weighted by atomic mass is 9.80. The van der Waals surface area contributed by atoms with Crippen LogP contribution in [0.15, 0.2) is 18.2 Å². The second-order valence-corrected chi connectivity index (χ2v) is 3.56. The van der Waals surface area contributed by atoms with Gasteiger partial charge in [0.15, 0.2) is 0 Å². The maximum absolute atomic E-state index is 8.80. The highest BCUT2D eigenvalue weighted by atomic mass is 127. The fourth-order valence-electron chi connectivity index (χ4n) is 0.720. The summed E-state index contributed by atoms with van der Waals surface area (Å²) >= 11 is 7.79. The van der Waals surface area contributed by atoms with E-state index in [9.17, 15) is 0 Å². The van der Waals surface area contributed by atoms with Gasteiger partial charge in [0.25, 0.3) is 0 Å². The predicted octanol–water partition coefficient (Wildman–Crippen LogP) is 0.624. The Kier molecular flexibility index (Phi) is 3.18. The second-order valence-electron chi connectivity index (χ2n) is 2.02. The Labute approximate surface area is 83.5 Å². The minimum atomic E-state index is -1.49. The zero-order chi connectivity index (χ0) is 8.43. The van der Waals surface area contributed by atoms with Gasteiger partial charge in [-0.3, -0.25) is 0 Å². The first-order valence-corrected chi connectivity index (χ1v) is 4.38. The van der Waals surface area contributed by atoms with E-state index in [1.54, 1.807) is 18.2 Å². The quantitative estimate of drug-likeness (QED) is 0.586. The molecule has 0 heterocycles. The Balaban J connectivity index is 3.17. The van der Waals surface area contributed by atoms with Gasteiger partial charge in [-0.2, -0.15) is 0 Å². The molecule has 2 nitrogen and oxygen atoms in total. The van der Waals surface area contributed by atoms with Crippen LogP contribution in [0.3, 0.4) is 0 Å². The first-order valence-electron chi connectivity index (χ1n) is 2.93. The molecule has 0 aliphatic rings. The van der Waals surface area contributed by atoms with E-state index in [1.807, 2.05) is 22.6 Å². The molecule has 1 rings (SSSR count). The average Bonchev–Trinajstić information content (AvgIpc) is 1.94. The largest absolute Gasteiger partial charge is 0.489 e. The van der Waals surface area contributed by atoms with Crippen molar-refractivity contribution in [2.24, 2.45) is 0 Å². The maximum Gasteiger partial charge on any atom is 0.489 e. The molecule has 0 amide bonds. The van der Waals surface area contributed by atoms with Crippen LogP contribution in [-0.2, 0) is 0 Å². The number of benzene rings is 1. The van der Waals surface area contributed by atoms with E-state index >= 15 is 0 Å². The summed E-state index contributed by atoms with van der Waals surface area (Å²) in [6.07, 6.45) is 0. The molecule has 11 heavy (non-hydrogen) atoms. The molecule has 1 aromatic rings. The lowest BCUT2D eigenvalue weighted by Gasteiger charge is -2.02. The monoisotopic (exact) mass is 282 g/mol. The molecule has 1 aromatic carbocycles. The molecule has 0 aliphatic heterocycles. The summed E-state index contributed by atoms with van der Waals surface area (Å²) in [5.74, 6) is 0. The number of hydrogen-bond acceptors (Lipinski definition) is 2. The van der Waals surface area contributed by atoms with Gasteiger partial charge in [-0.15, -0.1) is 0 Å². The highest BCUT2D eigenvalue weighted by Gasteiger charge is 2.15. The Morgan fingerprint density at radius 3 is 2.45 bits per heavy atom. The first-order chi connectivity index (χ1) is 5.13. The van der Waals surface area contributed by atoms with Crippen LogP contribution < -0.4 is 5.46 Å². The third-order valence-electron chi connectivity index (χ3n) is 1.26. The van der Waals surface area contributed by atoms with E-state index < -0.39 is 7.12 Å². The van der Waals surface area contributed by atoms with Crippen LogP contribution in [0.1, 0.15) is 0 Å². The summed E-state index contributed by atoms with van der Waals surface area (Å²) in [5, 5.41) is 18.0. The number of halogens is 2. The molecule has 0 spiro atoms. The van der Waals surface area contributed by atoms with Gasteiger partial charge in [0.1, 0.15) is 0 Å². The van der Waals surface area contributed by atoms with Gasteiger partial charge in [-0.1, -0.05) is 23.7 Å². The van der Waals surface area contributed by atoms with E-state index in [0.717, 1.165) is 3.57 Å². The van der Waals surface area contributed by atoms with Gasteiger partial charge >= 0.3 is 7.12 Å². The van der Waals surface area contributed by atoms with Crippen LogP contribution in [0.5, 0.6) is 0 Å². The van der Waals surface area contributed by atoms with Crippen molar-refractivity contribution in [3.63, 3.8) is 0 Å². The smallest absolute Gasteiger partial charge is 0.423 e. The molecule has 0 aliphatic carbocycles. The van der Waals surface area contributed by atoms with Crippen LogP contribution in [0.2, 0.25) is 5.02 Å². The molecule has 0 unspecified atom stereocenters. The Bertz CT molecular complexity index is 267. The van der Waals surface area contributed by atoms with Crippen molar-refractivity contribution in [1.82, 2.24) is 0 Å². The van der Waals surface area contributed by atoms with Crippen LogP contribution in [-0.4, -0.2) is 17.2 Å². The molecule has 0 atom stereocenters. The van der Waals surface area contributed by atoms with Crippen molar-refractivity contribution in [3.05, 3.63) is 26.8 Å². The van der Waals surface area contributed by atoms with Crippen molar-refractivity contribution in [2.75, 3.05) is 0 Å². The lowest BCUT2D eigenvalue weighted by Crippen LogP contribution is -2.31. The highest BCUT2D eigenvalue weighted by molar-refractivity contribution is 14.1. The summed E-state index contributed by atoms with van der Waals surface area (Å²) < 4.78 is 0.815. The fraction of sp³-hybridized carbons (Fsp3) is 0. The van der Waals surface area contributed by atoms with Gasteiger partial charge in [-0.25, -0.2) is 0 Å². The van der Waals surface area contributed by atoms with Gasteiger partial charge in [0.05, 0.1) is 5.02 Å². The van der Waals surface area contributed by atoms with Gasteiger partial charge in [-0.05, 0) is 28.7 Å². The van der Waals surface area contributed by atoms with E-state index in [4.69, 9.17) is 21.6 Å². The molecule has 0 saturated heterocycles. The van der Waals surface area contributed by atoms with Crippen LogP contribution in [0, 0.1) is 3.57 Å². The summed E-state index contributed by atoms with van der Waals surface area (Å²) in [6, 6.07) is 5.10. The van der Waals surface area contributed by atoms with Crippen molar-refractivity contribution >= 4 is 46.8 Å². The number of rotatable bonds is 1. The summed E-state index contributed by atoms with van der Waals surface area (Å²) in [4.78, 5) is 0. The molecular weight excluding hydrogens is 277 g/mol. The van der Waals surface area contributed by atoms with E-state index in [-0.39, 0.29) is 0 Å². The summed E-state index contributed by atoms with van der Waals surface area (Å²) in [6.45, 7) is 0. The van der Waals surface area contributed by atoms with Crippen molar-refractivity contribution in [1.29, 1.82) is 0 Å². The molecule has 0 fully saturated rings. The molecule has 5 heteroatoms. The minimum Gasteiger partial charge on any atom is -0.423 e. The third-order valence-corrected chi connectivity index (χ3v) is 2.90. The van der Waals surface area contributed by atoms with E-state index in [0.29, 0.717) is 10.5 Å². The van der Waals surface area contributed by atoms with Crippen LogP contribution >= 0.6 is 34.2 Å². The van der Waals surface area contributed by atoms with Gasteiger partial charge < -0.3 is 10.0 Å². The average molecular weight is 282 g/mol. The van der Waals surface area contributed by atoms with E-state index in [1.165, 1.54) is 0 Å². The standard InChI is InChI=1S/C6H5BClIO2/c8-6-4(7(10)11)2-1-3-5(6)9/h1-3,10-11H. The Morgan fingerprint density at radius 2 is 2.00 bits per heavy atom. The lowest BCUT2D eigenvalue weighted by molar-refractivity contribution is 0.426. The zero-order valence-corrected chi connectivity index (χ0v) is 8.37. The normalized spacial score (nSPS) is 9.82. The minimum absolute atomic E-state index is 0.346. The van der Waals surface area contributed by atoms with Gasteiger partial charge in [0, 0.05) is 9.03 Å². The molecule has 0 saturated carbocycles. The molecule has 0 bridgehead atoms. The fourth-order valence-corrected chi connectivity index (χ4v) is 1.46. The first kappa shape index (κ1) is 9.31. The van der Waals surface area contributed by atoms with Gasteiger partial charge in [0.2, 0.25) is 0 Å². The second kappa shape index (κ2) is 3.75. The summed E-state index contributed by atoms with van der Waals surface area (Å²) in [7, 11) is -1.49. The third kappa shape index (κ3) is 2.08. The molecule has 0 aromatic heterocycles. The maximum atomic E-state index is 8.80. The van der Waals surface area contributed by atoms with Crippen LogP contribution in [0.25, 0.3) is 0 Å². The molecular formula is C6H5BClIO2. The van der Waals surface area contributed by atoms with Crippen molar-refractivity contribution in [2.45, 2.75) is 0 Å². The summed E-state index contributed by atoms with van der Waals surface area (Å²) in [5.41, 5.74) is 0.346. The highest BCUT2D eigenvalue weighted by Crippen LogP contribution is 2.15.